The lowest BCUT2D eigenvalue weighted by Crippen LogP contribution is -2.47. The minimum absolute atomic E-state index is 0.0348. The highest BCUT2D eigenvalue weighted by Gasteiger charge is 2.31. The maximum Gasteiger partial charge on any atom is 0.407 e. The van der Waals surface area contributed by atoms with Crippen LogP contribution >= 0.6 is 0 Å². The monoisotopic (exact) mass is 482 g/mol. The lowest BCUT2D eigenvalue weighted by atomic mass is 9.93. The molecular weight excluding hydrogens is 448 g/mol. The molecule has 0 bridgehead atoms. The predicted molar refractivity (Wildman–Crippen MR) is 132 cm³/mol. The van der Waals surface area contributed by atoms with Crippen molar-refractivity contribution in [2.75, 3.05) is 19.7 Å². The van der Waals surface area contributed by atoms with Crippen molar-refractivity contribution in [3.8, 4) is 11.1 Å². The Balaban J connectivity index is 1.53. The van der Waals surface area contributed by atoms with E-state index in [0.717, 1.165) is 29.2 Å². The number of carboxylic acid groups (broad SMARTS) is 1. The van der Waals surface area contributed by atoms with Gasteiger partial charge in [-0.05, 0) is 47.4 Å². The van der Waals surface area contributed by atoms with Crippen LogP contribution < -0.4 is 10.6 Å². The molecule has 2 aromatic carbocycles. The van der Waals surface area contributed by atoms with Gasteiger partial charge in [-0.1, -0.05) is 62.4 Å². The van der Waals surface area contributed by atoms with Crippen LogP contribution in [0.15, 0.2) is 48.5 Å². The first kappa shape index (κ1) is 26.2. The van der Waals surface area contributed by atoms with Crippen LogP contribution in [0.1, 0.15) is 50.7 Å². The molecule has 2 aromatic rings. The summed E-state index contributed by atoms with van der Waals surface area (Å²) in [6.45, 7) is 5.23. The van der Waals surface area contributed by atoms with E-state index in [0.29, 0.717) is 12.3 Å². The number of hydrogen-bond acceptors (Lipinski definition) is 5. The van der Waals surface area contributed by atoms with Gasteiger partial charge >= 0.3 is 12.1 Å². The molecule has 2 amide bonds. The molecule has 0 aliphatic heterocycles. The van der Waals surface area contributed by atoms with E-state index in [1.807, 2.05) is 38.1 Å². The molecule has 4 N–H and O–H groups in total. The molecule has 0 spiro atoms. The van der Waals surface area contributed by atoms with Crippen molar-refractivity contribution in [3.63, 3.8) is 0 Å². The number of carbonyl (C=O) groups excluding carboxylic acids is 2. The average molecular weight is 483 g/mol. The van der Waals surface area contributed by atoms with Gasteiger partial charge in [-0.15, -0.1) is 0 Å². The Morgan fingerprint density at radius 2 is 1.57 bits per heavy atom. The van der Waals surface area contributed by atoms with Crippen LogP contribution in [0.5, 0.6) is 0 Å². The van der Waals surface area contributed by atoms with Crippen molar-refractivity contribution in [2.45, 2.75) is 45.1 Å². The molecule has 0 radical (unpaired) electrons. The number of ether oxygens (including phenoxy) is 1. The van der Waals surface area contributed by atoms with Crippen LogP contribution in [0, 0.1) is 11.8 Å². The second-order valence-corrected chi connectivity index (χ2v) is 9.76. The molecule has 8 nitrogen and oxygen atoms in total. The molecule has 0 saturated carbocycles. The van der Waals surface area contributed by atoms with Crippen molar-refractivity contribution in [2.24, 2.45) is 11.8 Å². The van der Waals surface area contributed by atoms with E-state index in [-0.39, 0.29) is 37.3 Å². The maximum atomic E-state index is 12.5. The van der Waals surface area contributed by atoms with Gasteiger partial charge in [-0.25, -0.2) is 9.59 Å². The third-order valence-corrected chi connectivity index (χ3v) is 6.25. The summed E-state index contributed by atoms with van der Waals surface area (Å²) in [6.07, 6.45) is 0.235. The number of hydrogen-bond donors (Lipinski definition) is 4. The number of aliphatic hydroxyl groups is 1. The predicted octanol–water partition coefficient (Wildman–Crippen LogP) is 3.53. The van der Waals surface area contributed by atoms with Crippen molar-refractivity contribution in [1.29, 1.82) is 0 Å². The SMILES string of the molecule is CC(C)CC(CNC(=O)OCC1c2ccccc2-c2ccccc21)CC(=O)NCC(C)(O)C(=O)O. The largest absolute Gasteiger partial charge is 0.479 e. The summed E-state index contributed by atoms with van der Waals surface area (Å²) in [4.78, 5) is 35.8. The van der Waals surface area contributed by atoms with Gasteiger partial charge in [-0.3, -0.25) is 4.79 Å². The molecule has 1 aliphatic carbocycles. The van der Waals surface area contributed by atoms with Crippen LogP contribution in [-0.4, -0.2) is 53.5 Å². The third kappa shape index (κ3) is 6.82. The second-order valence-electron chi connectivity index (χ2n) is 9.76. The molecule has 1 aliphatic rings. The highest BCUT2D eigenvalue weighted by Crippen LogP contribution is 2.44. The van der Waals surface area contributed by atoms with E-state index >= 15 is 0 Å². The van der Waals surface area contributed by atoms with Gasteiger partial charge < -0.3 is 25.6 Å². The van der Waals surface area contributed by atoms with Crippen molar-refractivity contribution < 1.29 is 29.3 Å². The first-order chi connectivity index (χ1) is 16.6. The summed E-state index contributed by atoms with van der Waals surface area (Å²) in [7, 11) is 0. The summed E-state index contributed by atoms with van der Waals surface area (Å²) in [5, 5.41) is 24.0. The third-order valence-electron chi connectivity index (χ3n) is 6.25. The Bertz CT molecular complexity index is 1020. The topological polar surface area (TPSA) is 125 Å². The zero-order valence-corrected chi connectivity index (χ0v) is 20.4. The molecule has 0 aromatic heterocycles. The fourth-order valence-corrected chi connectivity index (χ4v) is 4.46. The zero-order chi connectivity index (χ0) is 25.6. The first-order valence-corrected chi connectivity index (χ1v) is 11.9. The van der Waals surface area contributed by atoms with Crippen LogP contribution in [0.2, 0.25) is 0 Å². The summed E-state index contributed by atoms with van der Waals surface area (Å²) < 4.78 is 5.57. The highest BCUT2D eigenvalue weighted by atomic mass is 16.5. The van der Waals surface area contributed by atoms with Gasteiger partial charge in [0.15, 0.2) is 5.60 Å². The zero-order valence-electron chi connectivity index (χ0n) is 20.4. The molecule has 0 fully saturated rings. The number of carbonyl (C=O) groups is 3. The van der Waals surface area contributed by atoms with Crippen molar-refractivity contribution in [3.05, 3.63) is 59.7 Å². The molecule has 2 unspecified atom stereocenters. The van der Waals surface area contributed by atoms with Crippen LogP contribution in [0.3, 0.4) is 0 Å². The van der Waals surface area contributed by atoms with Gasteiger partial charge in [0.05, 0.1) is 6.54 Å². The summed E-state index contributed by atoms with van der Waals surface area (Å²) in [5.74, 6) is -1.70. The standard InChI is InChI=1S/C27H34N2O6/c1-17(2)12-18(13-24(30)29-16-27(3,34)25(31)32)14-28-26(33)35-15-23-21-10-6-4-8-19(21)20-9-5-7-11-22(20)23/h4-11,17-18,23,34H,12-16H2,1-3H3,(H,28,33)(H,29,30)(H,31,32). The van der Waals surface area contributed by atoms with Gasteiger partial charge in [0.2, 0.25) is 5.91 Å². The van der Waals surface area contributed by atoms with E-state index in [1.54, 1.807) is 0 Å². The fraction of sp³-hybridized carbons (Fsp3) is 0.444. The fourth-order valence-electron chi connectivity index (χ4n) is 4.46. The molecule has 35 heavy (non-hydrogen) atoms. The molecule has 0 heterocycles. The minimum atomic E-state index is -2.04. The molecule has 3 rings (SSSR count). The number of benzene rings is 2. The van der Waals surface area contributed by atoms with Gasteiger partial charge in [0.25, 0.3) is 0 Å². The van der Waals surface area contributed by atoms with E-state index in [2.05, 4.69) is 34.9 Å². The van der Waals surface area contributed by atoms with Crippen molar-refractivity contribution in [1.82, 2.24) is 10.6 Å². The summed E-state index contributed by atoms with van der Waals surface area (Å²) in [6, 6.07) is 16.2. The van der Waals surface area contributed by atoms with E-state index in [4.69, 9.17) is 9.84 Å². The first-order valence-electron chi connectivity index (χ1n) is 11.9. The van der Waals surface area contributed by atoms with Gasteiger partial charge in [-0.2, -0.15) is 0 Å². The highest BCUT2D eigenvalue weighted by molar-refractivity contribution is 5.80. The molecule has 8 heteroatoms. The normalized spacial score (nSPS) is 15.0. The molecule has 188 valence electrons. The Morgan fingerprint density at radius 1 is 1.00 bits per heavy atom. The number of aliphatic carboxylic acids is 1. The number of carboxylic acids is 1. The number of amides is 2. The Morgan fingerprint density at radius 3 is 2.11 bits per heavy atom. The van der Waals surface area contributed by atoms with E-state index in [9.17, 15) is 19.5 Å². The van der Waals surface area contributed by atoms with Gasteiger partial charge in [0, 0.05) is 18.9 Å². The number of nitrogens with one attached hydrogen (secondary N) is 2. The molecular formula is C27H34N2O6. The van der Waals surface area contributed by atoms with E-state index < -0.39 is 24.2 Å². The number of fused-ring (bicyclic) bond motifs is 3. The quantitative estimate of drug-likeness (QED) is 0.388. The average Bonchev–Trinajstić information content (AvgIpc) is 3.13. The van der Waals surface area contributed by atoms with Gasteiger partial charge in [0.1, 0.15) is 6.61 Å². The summed E-state index contributed by atoms with van der Waals surface area (Å²) in [5.41, 5.74) is 2.54. The second kappa shape index (κ2) is 11.4. The Kier molecular flexibility index (Phi) is 8.51. The number of alkyl carbamates (subject to hydrolysis) is 1. The minimum Gasteiger partial charge on any atom is -0.479 e. The Labute approximate surface area is 205 Å². The smallest absolute Gasteiger partial charge is 0.407 e. The lowest BCUT2D eigenvalue weighted by molar-refractivity contribution is -0.156. The summed E-state index contributed by atoms with van der Waals surface area (Å²) >= 11 is 0. The lowest BCUT2D eigenvalue weighted by Gasteiger charge is -2.22. The van der Waals surface area contributed by atoms with Crippen LogP contribution in [-0.2, 0) is 14.3 Å². The maximum absolute atomic E-state index is 12.5. The van der Waals surface area contributed by atoms with Crippen LogP contribution in [0.25, 0.3) is 11.1 Å². The van der Waals surface area contributed by atoms with Crippen LogP contribution in [0.4, 0.5) is 4.79 Å². The Hall–Kier alpha value is -3.39. The van der Waals surface area contributed by atoms with Crippen molar-refractivity contribution >= 4 is 18.0 Å². The van der Waals surface area contributed by atoms with E-state index in [1.165, 1.54) is 0 Å². The molecule has 0 saturated heterocycles. The molecule has 2 atom stereocenters. The number of rotatable bonds is 11.